The van der Waals surface area contributed by atoms with E-state index in [1.165, 1.54) is 12.1 Å². The molecule has 7 nitrogen and oxygen atoms in total. The molecule has 0 aromatic heterocycles. The lowest BCUT2D eigenvalue weighted by molar-refractivity contribution is 0.0697. The Morgan fingerprint density at radius 2 is 1.84 bits per heavy atom. The number of carbonyl (C=O) groups is 1. The van der Waals surface area contributed by atoms with Crippen LogP contribution in [0, 0.1) is 0 Å². The fraction of sp³-hybridized carbons (Fsp3) is 0.222. The van der Waals surface area contributed by atoms with E-state index in [0.717, 1.165) is 12.3 Å². The molecule has 0 saturated carbocycles. The highest BCUT2D eigenvalue weighted by atomic mass is 79.9. The number of sulfonamides is 1. The molecule has 0 atom stereocenters. The van der Waals surface area contributed by atoms with Gasteiger partial charge in [0.2, 0.25) is 10.0 Å². The van der Waals surface area contributed by atoms with Gasteiger partial charge >= 0.3 is 5.97 Å². The highest BCUT2D eigenvalue weighted by Gasteiger charge is 2.19. The average Bonchev–Trinajstić information content (AvgIpc) is 2.10. The van der Waals surface area contributed by atoms with E-state index in [-0.39, 0.29) is 11.3 Å². The number of nitrogens with one attached hydrogen (secondary N) is 1. The van der Waals surface area contributed by atoms with E-state index in [9.17, 15) is 21.6 Å². The number of carboxylic acid groups (broad SMARTS) is 1. The van der Waals surface area contributed by atoms with E-state index >= 15 is 0 Å². The summed E-state index contributed by atoms with van der Waals surface area (Å²) in [5, 5.41) is 7.75. The van der Waals surface area contributed by atoms with Gasteiger partial charge in [-0.15, -0.1) is 0 Å². The zero-order valence-corrected chi connectivity index (χ0v) is 12.8. The molecule has 0 fully saturated rings. The molecule has 1 aromatic carbocycles. The first kappa shape index (κ1) is 15.9. The molecule has 1 rings (SSSR count). The number of rotatable bonds is 5. The van der Waals surface area contributed by atoms with Crippen LogP contribution < -0.4 is 4.72 Å². The molecule has 0 aliphatic rings. The van der Waals surface area contributed by atoms with Crippen molar-refractivity contribution in [3.63, 3.8) is 0 Å². The van der Waals surface area contributed by atoms with E-state index in [1.54, 1.807) is 0 Å². The Hall–Kier alpha value is -1.13. The van der Waals surface area contributed by atoms with Crippen LogP contribution in [0.3, 0.4) is 0 Å². The second-order valence-corrected chi connectivity index (χ2v) is 8.94. The molecule has 2 N–H and O–H groups in total. The Balaban J connectivity index is 3.10. The third-order valence-electron chi connectivity index (χ3n) is 1.79. The summed E-state index contributed by atoms with van der Waals surface area (Å²) in [7, 11) is -7.82. The Labute approximate surface area is 118 Å². The minimum atomic E-state index is -4.10. The van der Waals surface area contributed by atoms with Crippen LogP contribution in [0.5, 0.6) is 0 Å². The van der Waals surface area contributed by atoms with Crippen molar-refractivity contribution in [3.05, 3.63) is 28.2 Å². The third-order valence-corrected chi connectivity index (χ3v) is 5.75. The van der Waals surface area contributed by atoms with Gasteiger partial charge < -0.3 is 5.11 Å². The van der Waals surface area contributed by atoms with Crippen LogP contribution in [0.4, 0.5) is 5.69 Å². The average molecular weight is 372 g/mol. The molecule has 0 aliphatic carbocycles. The van der Waals surface area contributed by atoms with Crippen LogP contribution in [0.1, 0.15) is 10.4 Å². The monoisotopic (exact) mass is 371 g/mol. The Morgan fingerprint density at radius 3 is 2.32 bits per heavy atom. The summed E-state index contributed by atoms with van der Waals surface area (Å²) in [5.41, 5.74) is -0.165. The van der Waals surface area contributed by atoms with Gasteiger partial charge in [0.25, 0.3) is 0 Å². The van der Waals surface area contributed by atoms with Crippen molar-refractivity contribution in [1.29, 1.82) is 0 Å². The lowest BCUT2D eigenvalue weighted by Gasteiger charge is -2.08. The first-order valence-electron chi connectivity index (χ1n) is 4.71. The molecule has 0 heterocycles. The Bertz CT molecular complexity index is 710. The summed E-state index contributed by atoms with van der Waals surface area (Å²) in [4.78, 5) is 10.8. The first-order valence-corrected chi connectivity index (χ1v) is 9.21. The molecule has 10 heteroatoms. The van der Waals surface area contributed by atoms with Crippen molar-refractivity contribution in [2.45, 2.75) is 0 Å². The SMILES string of the molecule is CS(=O)(=O)CS(=O)(=O)Nc1cc(Br)cc(C(=O)O)c1. The Morgan fingerprint density at radius 1 is 1.26 bits per heavy atom. The summed E-state index contributed by atoms with van der Waals surface area (Å²) in [6.45, 7) is 0. The lowest BCUT2D eigenvalue weighted by Crippen LogP contribution is -2.22. The number of aromatic carboxylic acids is 1. The lowest BCUT2D eigenvalue weighted by atomic mass is 10.2. The zero-order valence-electron chi connectivity index (χ0n) is 9.62. The molecule has 1 aromatic rings. The Kier molecular flexibility index (Phi) is 4.59. The van der Waals surface area contributed by atoms with Gasteiger partial charge in [-0.2, -0.15) is 0 Å². The normalized spacial score (nSPS) is 12.1. The highest BCUT2D eigenvalue weighted by molar-refractivity contribution is 9.10. The van der Waals surface area contributed by atoms with Crippen molar-refractivity contribution in [2.24, 2.45) is 0 Å². The molecule has 0 saturated heterocycles. The number of sulfone groups is 1. The van der Waals surface area contributed by atoms with Crippen LogP contribution in [0.25, 0.3) is 0 Å². The molecule has 106 valence electrons. The van der Waals surface area contributed by atoms with Crippen LogP contribution >= 0.6 is 15.9 Å². The topological polar surface area (TPSA) is 118 Å². The van der Waals surface area contributed by atoms with Gasteiger partial charge in [0.15, 0.2) is 14.9 Å². The van der Waals surface area contributed by atoms with Gasteiger partial charge in [-0.05, 0) is 18.2 Å². The second kappa shape index (κ2) is 5.47. The van der Waals surface area contributed by atoms with Gasteiger partial charge in [-0.3, -0.25) is 4.72 Å². The van der Waals surface area contributed by atoms with Crippen molar-refractivity contribution in [3.8, 4) is 0 Å². The second-order valence-electron chi connectivity index (χ2n) is 3.79. The number of halogens is 1. The van der Waals surface area contributed by atoms with Crippen LogP contribution in [-0.2, 0) is 19.9 Å². The summed E-state index contributed by atoms with van der Waals surface area (Å²) in [6, 6.07) is 3.70. The number of hydrogen-bond donors (Lipinski definition) is 2. The van der Waals surface area contributed by atoms with E-state index in [0.29, 0.717) is 4.47 Å². The number of benzene rings is 1. The summed E-state index contributed by atoms with van der Waals surface area (Å²) >= 11 is 3.03. The van der Waals surface area contributed by atoms with Gasteiger partial charge in [0.1, 0.15) is 0 Å². The predicted octanol–water partition coefficient (Wildman–Crippen LogP) is 0.891. The molecule has 0 radical (unpaired) electrons. The largest absolute Gasteiger partial charge is 0.478 e. The first-order chi connectivity index (χ1) is 8.48. The van der Waals surface area contributed by atoms with E-state index in [4.69, 9.17) is 5.11 Å². The molecule has 0 amide bonds. The fourth-order valence-electron chi connectivity index (χ4n) is 1.26. The summed E-state index contributed by atoms with van der Waals surface area (Å²) in [6.07, 6.45) is 0.788. The number of anilines is 1. The number of carboxylic acids is 1. The highest BCUT2D eigenvalue weighted by Crippen LogP contribution is 2.21. The van der Waals surface area contributed by atoms with Crippen molar-refractivity contribution < 1.29 is 26.7 Å². The van der Waals surface area contributed by atoms with Crippen molar-refractivity contribution in [1.82, 2.24) is 0 Å². The summed E-state index contributed by atoms with van der Waals surface area (Å²) in [5.74, 6) is -1.23. The van der Waals surface area contributed by atoms with E-state index in [1.807, 2.05) is 4.72 Å². The maximum atomic E-state index is 11.6. The van der Waals surface area contributed by atoms with Crippen molar-refractivity contribution >= 4 is 47.4 Å². The molecular formula is C9H10BrNO6S2. The molecule has 0 unspecified atom stereocenters. The van der Waals surface area contributed by atoms with E-state index < -0.39 is 30.9 Å². The van der Waals surface area contributed by atoms with Crippen LogP contribution in [0.2, 0.25) is 0 Å². The fourth-order valence-corrected chi connectivity index (χ4v) is 4.72. The van der Waals surface area contributed by atoms with Crippen LogP contribution in [0.15, 0.2) is 22.7 Å². The standard InChI is InChI=1S/C9H10BrNO6S2/c1-18(14,15)5-19(16,17)11-8-3-6(9(12)13)2-7(10)4-8/h2-4,11H,5H2,1H3,(H,12,13). The maximum Gasteiger partial charge on any atom is 0.335 e. The predicted molar refractivity (Wildman–Crippen MR) is 73.4 cm³/mol. The van der Waals surface area contributed by atoms with Gasteiger partial charge in [0, 0.05) is 10.7 Å². The minimum absolute atomic E-state index is 0.0320. The maximum absolute atomic E-state index is 11.6. The smallest absolute Gasteiger partial charge is 0.335 e. The molecule has 19 heavy (non-hydrogen) atoms. The molecule has 0 aliphatic heterocycles. The quantitative estimate of drug-likeness (QED) is 0.793. The number of hydrogen-bond acceptors (Lipinski definition) is 5. The molecular weight excluding hydrogens is 362 g/mol. The summed E-state index contributed by atoms with van der Waals surface area (Å²) < 4.78 is 47.4. The van der Waals surface area contributed by atoms with E-state index in [2.05, 4.69) is 15.9 Å². The van der Waals surface area contributed by atoms with Gasteiger partial charge in [-0.1, -0.05) is 15.9 Å². The van der Waals surface area contributed by atoms with Crippen molar-refractivity contribution in [2.75, 3.05) is 16.1 Å². The minimum Gasteiger partial charge on any atom is -0.478 e. The van der Waals surface area contributed by atoms with Crippen LogP contribution in [-0.4, -0.2) is 39.3 Å². The van der Waals surface area contributed by atoms with Gasteiger partial charge in [-0.25, -0.2) is 21.6 Å². The molecule has 0 bridgehead atoms. The van der Waals surface area contributed by atoms with Gasteiger partial charge in [0.05, 0.1) is 11.3 Å². The molecule has 0 spiro atoms. The zero-order chi connectivity index (χ0) is 14.8. The third kappa shape index (κ3) is 5.57.